The Morgan fingerprint density at radius 3 is 2.05 bits per heavy atom. The number of hydrazone groups is 1. The summed E-state index contributed by atoms with van der Waals surface area (Å²) in [6.45, 7) is 12.6. The molecule has 1 N–H and O–H groups in total. The van der Waals surface area contributed by atoms with Crippen LogP contribution in [-0.2, 0) is 10.0 Å². The van der Waals surface area contributed by atoms with Gasteiger partial charge in [0.05, 0.1) is 4.90 Å². The average Bonchev–Trinajstić information content (AvgIpc) is 2.43. The molecule has 1 aromatic carbocycles. The first-order valence-electron chi connectivity index (χ1n) is 7.78. The number of hydrogen-bond acceptors (Lipinski definition) is 3. The SMILES string of the molecule is CCC(/C=N\NS(=O)(=O)c1ccc(C)cc1)(C(C)C)C(C)C. The molecule has 5 heteroatoms. The predicted molar refractivity (Wildman–Crippen MR) is 92.4 cm³/mol. The summed E-state index contributed by atoms with van der Waals surface area (Å²) in [6, 6.07) is 6.73. The number of aryl methyl sites for hydroxylation is 1. The Morgan fingerprint density at radius 2 is 1.64 bits per heavy atom. The van der Waals surface area contributed by atoms with Crippen molar-refractivity contribution in [2.45, 2.75) is 52.9 Å². The van der Waals surface area contributed by atoms with Crippen molar-refractivity contribution in [3.63, 3.8) is 0 Å². The highest BCUT2D eigenvalue weighted by molar-refractivity contribution is 7.89. The molecule has 0 aliphatic heterocycles. The zero-order valence-electron chi connectivity index (χ0n) is 14.4. The molecule has 0 radical (unpaired) electrons. The minimum Gasteiger partial charge on any atom is -0.200 e. The molecule has 0 saturated heterocycles. The average molecular weight is 324 g/mol. The van der Waals surface area contributed by atoms with E-state index in [0.29, 0.717) is 11.8 Å². The molecule has 0 aromatic heterocycles. The first-order chi connectivity index (χ1) is 10.2. The van der Waals surface area contributed by atoms with Gasteiger partial charge in [-0.3, -0.25) is 0 Å². The lowest BCUT2D eigenvalue weighted by Crippen LogP contribution is -2.35. The molecule has 124 valence electrons. The summed E-state index contributed by atoms with van der Waals surface area (Å²) in [6.07, 6.45) is 2.69. The normalized spacial score (nSPS) is 13.3. The molecule has 1 aromatic rings. The van der Waals surface area contributed by atoms with Gasteiger partial charge in [-0.15, -0.1) is 0 Å². The zero-order chi connectivity index (χ0) is 17.0. The third-order valence-corrected chi connectivity index (χ3v) is 5.81. The highest BCUT2D eigenvalue weighted by Crippen LogP contribution is 2.37. The quantitative estimate of drug-likeness (QED) is 0.609. The number of benzene rings is 1. The van der Waals surface area contributed by atoms with Gasteiger partial charge in [0.1, 0.15) is 0 Å². The summed E-state index contributed by atoms with van der Waals surface area (Å²) in [5.41, 5.74) is 0.905. The van der Waals surface area contributed by atoms with Crippen molar-refractivity contribution in [1.29, 1.82) is 0 Å². The Balaban J connectivity index is 2.97. The first-order valence-corrected chi connectivity index (χ1v) is 9.26. The van der Waals surface area contributed by atoms with E-state index >= 15 is 0 Å². The van der Waals surface area contributed by atoms with E-state index < -0.39 is 10.0 Å². The topological polar surface area (TPSA) is 58.5 Å². The number of rotatable bonds is 7. The summed E-state index contributed by atoms with van der Waals surface area (Å²) in [7, 11) is -3.61. The van der Waals surface area contributed by atoms with E-state index in [1.54, 1.807) is 30.5 Å². The fraction of sp³-hybridized carbons (Fsp3) is 0.588. The summed E-state index contributed by atoms with van der Waals surface area (Å²) in [4.78, 5) is 2.56. The summed E-state index contributed by atoms with van der Waals surface area (Å²) in [5.74, 6) is 0.759. The van der Waals surface area contributed by atoms with Crippen LogP contribution in [-0.4, -0.2) is 14.6 Å². The molecule has 0 bridgehead atoms. The van der Waals surface area contributed by atoms with Gasteiger partial charge in [-0.05, 0) is 37.3 Å². The van der Waals surface area contributed by atoms with Crippen LogP contribution < -0.4 is 4.83 Å². The molecular weight excluding hydrogens is 296 g/mol. The van der Waals surface area contributed by atoms with Crippen LogP contribution in [0.4, 0.5) is 0 Å². The van der Waals surface area contributed by atoms with Crippen molar-refractivity contribution >= 4 is 16.2 Å². The van der Waals surface area contributed by atoms with Crippen LogP contribution in [0, 0.1) is 24.2 Å². The molecule has 0 unspecified atom stereocenters. The molecule has 1 rings (SSSR count). The molecule has 0 aliphatic rings. The van der Waals surface area contributed by atoms with Crippen molar-refractivity contribution in [3.8, 4) is 0 Å². The molecular formula is C17H28N2O2S. The maximum absolute atomic E-state index is 12.2. The molecule has 0 fully saturated rings. The van der Waals surface area contributed by atoms with Gasteiger partial charge in [0.15, 0.2) is 0 Å². The third-order valence-electron chi connectivity index (χ3n) is 4.57. The number of sulfonamides is 1. The highest BCUT2D eigenvalue weighted by Gasteiger charge is 2.33. The summed E-state index contributed by atoms with van der Waals surface area (Å²) < 4.78 is 24.5. The van der Waals surface area contributed by atoms with Crippen LogP contribution in [0.15, 0.2) is 34.3 Å². The van der Waals surface area contributed by atoms with Gasteiger partial charge >= 0.3 is 0 Å². The van der Waals surface area contributed by atoms with E-state index in [1.165, 1.54) is 0 Å². The van der Waals surface area contributed by atoms with Crippen molar-refractivity contribution in [2.24, 2.45) is 22.4 Å². The molecule has 0 atom stereocenters. The minimum atomic E-state index is -3.61. The highest BCUT2D eigenvalue weighted by atomic mass is 32.2. The van der Waals surface area contributed by atoms with E-state index in [2.05, 4.69) is 44.6 Å². The second-order valence-corrected chi connectivity index (χ2v) is 8.10. The van der Waals surface area contributed by atoms with Gasteiger partial charge < -0.3 is 0 Å². The Labute approximate surface area is 135 Å². The predicted octanol–water partition coefficient (Wildman–Crippen LogP) is 3.97. The van der Waals surface area contributed by atoms with E-state index in [1.807, 2.05) is 6.92 Å². The van der Waals surface area contributed by atoms with Crippen LogP contribution in [0.3, 0.4) is 0 Å². The van der Waals surface area contributed by atoms with E-state index in [9.17, 15) is 8.42 Å². The third kappa shape index (κ3) is 4.09. The number of nitrogens with one attached hydrogen (secondary N) is 1. The van der Waals surface area contributed by atoms with E-state index in [-0.39, 0.29) is 10.3 Å². The van der Waals surface area contributed by atoms with Crippen molar-refractivity contribution in [2.75, 3.05) is 0 Å². The molecule has 4 nitrogen and oxygen atoms in total. The van der Waals surface area contributed by atoms with Crippen LogP contribution in [0.2, 0.25) is 0 Å². The smallest absolute Gasteiger partial charge is 0.200 e. The molecule has 0 saturated carbocycles. The number of hydrogen-bond donors (Lipinski definition) is 1. The standard InChI is InChI=1S/C17H28N2O2S/c1-7-17(13(2)3,14(4)5)12-18-19-22(20,21)16-10-8-15(6)9-11-16/h8-14,19H,7H2,1-6H3/b18-12-. The molecule has 0 heterocycles. The van der Waals surface area contributed by atoms with Crippen LogP contribution in [0.25, 0.3) is 0 Å². The molecule has 0 spiro atoms. The van der Waals surface area contributed by atoms with E-state index in [0.717, 1.165) is 12.0 Å². The van der Waals surface area contributed by atoms with Crippen molar-refractivity contribution in [1.82, 2.24) is 4.83 Å². The largest absolute Gasteiger partial charge is 0.276 e. The Bertz CT molecular complexity index is 594. The zero-order valence-corrected chi connectivity index (χ0v) is 15.2. The summed E-state index contributed by atoms with van der Waals surface area (Å²) >= 11 is 0. The molecule has 22 heavy (non-hydrogen) atoms. The van der Waals surface area contributed by atoms with Gasteiger partial charge in [0.2, 0.25) is 0 Å². The van der Waals surface area contributed by atoms with Gasteiger partial charge in [0.25, 0.3) is 10.0 Å². The fourth-order valence-corrected chi connectivity index (χ4v) is 3.65. The monoisotopic (exact) mass is 324 g/mol. The van der Waals surface area contributed by atoms with E-state index in [4.69, 9.17) is 0 Å². The Morgan fingerprint density at radius 1 is 1.14 bits per heavy atom. The summed E-state index contributed by atoms with van der Waals surface area (Å²) in [5, 5.41) is 4.06. The first kappa shape index (κ1) is 18.7. The van der Waals surface area contributed by atoms with Crippen LogP contribution >= 0.6 is 0 Å². The lowest BCUT2D eigenvalue weighted by Gasteiger charge is -2.37. The van der Waals surface area contributed by atoms with Gasteiger partial charge in [0, 0.05) is 11.6 Å². The lowest BCUT2D eigenvalue weighted by atomic mass is 9.68. The van der Waals surface area contributed by atoms with Gasteiger partial charge in [-0.1, -0.05) is 52.3 Å². The second-order valence-electron chi connectivity index (χ2n) is 6.44. The molecule has 0 amide bonds. The molecule has 0 aliphatic carbocycles. The maximum Gasteiger partial charge on any atom is 0.276 e. The van der Waals surface area contributed by atoms with Gasteiger partial charge in [-0.2, -0.15) is 13.5 Å². The van der Waals surface area contributed by atoms with Crippen LogP contribution in [0.1, 0.15) is 46.6 Å². The maximum atomic E-state index is 12.2. The Kier molecular flexibility index (Phi) is 6.17. The fourth-order valence-electron chi connectivity index (χ4n) is 2.86. The number of nitrogens with zero attached hydrogens (tertiary/aromatic N) is 1. The van der Waals surface area contributed by atoms with Gasteiger partial charge in [-0.25, -0.2) is 4.83 Å². The van der Waals surface area contributed by atoms with Crippen molar-refractivity contribution < 1.29 is 8.42 Å². The second kappa shape index (κ2) is 7.27. The van der Waals surface area contributed by atoms with Crippen LogP contribution in [0.5, 0.6) is 0 Å². The lowest BCUT2D eigenvalue weighted by molar-refractivity contribution is 0.205. The Hall–Kier alpha value is -1.36. The van der Waals surface area contributed by atoms with Crippen molar-refractivity contribution in [3.05, 3.63) is 29.8 Å². The minimum absolute atomic E-state index is 0.115.